The fourth-order valence-electron chi connectivity index (χ4n) is 2.48. The van der Waals surface area contributed by atoms with E-state index in [4.69, 9.17) is 9.47 Å². The minimum absolute atomic E-state index is 0.0354. The topological polar surface area (TPSA) is 35.5 Å². The summed E-state index contributed by atoms with van der Waals surface area (Å²) in [6.45, 7) is 1.47. The highest BCUT2D eigenvalue weighted by Crippen LogP contribution is 2.37. The molecule has 0 N–H and O–H groups in total. The van der Waals surface area contributed by atoms with Crippen LogP contribution >= 0.6 is 0 Å². The third kappa shape index (κ3) is 2.50. The van der Waals surface area contributed by atoms with Gasteiger partial charge >= 0.3 is 0 Å². The van der Waals surface area contributed by atoms with Crippen LogP contribution in [-0.2, 0) is 14.9 Å². The van der Waals surface area contributed by atoms with Crippen molar-refractivity contribution in [3.63, 3.8) is 0 Å². The fourth-order valence-corrected chi connectivity index (χ4v) is 2.48. The molecule has 1 heterocycles. The lowest BCUT2D eigenvalue weighted by Crippen LogP contribution is -2.34. The lowest BCUT2D eigenvalue weighted by molar-refractivity contribution is -0.109. The standard InChI is InChI=1S/C14H18O3/c1-16-13-4-2-12(3-5-13)14(6-9-15)7-10-17-11-8-14/h2-5,9H,6-8,10-11H2,1H3. The van der Waals surface area contributed by atoms with Crippen molar-refractivity contribution in [2.45, 2.75) is 24.7 Å². The average Bonchev–Trinajstić information content (AvgIpc) is 2.40. The van der Waals surface area contributed by atoms with Crippen molar-refractivity contribution in [1.82, 2.24) is 0 Å². The van der Waals surface area contributed by atoms with Crippen LogP contribution in [0.2, 0.25) is 0 Å². The molecule has 0 aromatic heterocycles. The molecule has 0 aliphatic carbocycles. The molecule has 92 valence electrons. The molecule has 0 spiro atoms. The molecular formula is C14H18O3. The van der Waals surface area contributed by atoms with E-state index in [-0.39, 0.29) is 5.41 Å². The minimum atomic E-state index is -0.0354. The minimum Gasteiger partial charge on any atom is -0.497 e. The van der Waals surface area contributed by atoms with Gasteiger partial charge in [-0.25, -0.2) is 0 Å². The van der Waals surface area contributed by atoms with Crippen molar-refractivity contribution in [3.05, 3.63) is 29.8 Å². The molecule has 3 heteroatoms. The predicted molar refractivity (Wildman–Crippen MR) is 65.4 cm³/mol. The summed E-state index contributed by atoms with van der Waals surface area (Å²) < 4.78 is 10.6. The van der Waals surface area contributed by atoms with Crippen LogP contribution in [0.3, 0.4) is 0 Å². The maximum atomic E-state index is 10.9. The SMILES string of the molecule is COc1ccc(C2(CC=O)CCOCC2)cc1. The van der Waals surface area contributed by atoms with E-state index >= 15 is 0 Å². The zero-order valence-corrected chi connectivity index (χ0v) is 10.1. The lowest BCUT2D eigenvalue weighted by Gasteiger charge is -2.36. The Balaban J connectivity index is 2.27. The highest BCUT2D eigenvalue weighted by Gasteiger charge is 2.33. The van der Waals surface area contributed by atoms with Crippen molar-refractivity contribution >= 4 is 6.29 Å². The van der Waals surface area contributed by atoms with Crippen molar-refractivity contribution in [1.29, 1.82) is 0 Å². The van der Waals surface area contributed by atoms with Gasteiger partial charge in [0, 0.05) is 25.0 Å². The molecule has 1 saturated heterocycles. The van der Waals surface area contributed by atoms with E-state index in [0.29, 0.717) is 6.42 Å². The van der Waals surface area contributed by atoms with Gasteiger partial charge < -0.3 is 14.3 Å². The third-order valence-corrected chi connectivity index (χ3v) is 3.63. The number of carbonyl (C=O) groups excluding carboxylic acids is 1. The Labute approximate surface area is 102 Å². The second kappa shape index (κ2) is 5.32. The van der Waals surface area contributed by atoms with Gasteiger partial charge in [-0.05, 0) is 30.5 Å². The first-order valence-electron chi connectivity index (χ1n) is 5.97. The number of hydrogen-bond acceptors (Lipinski definition) is 3. The molecule has 3 nitrogen and oxygen atoms in total. The van der Waals surface area contributed by atoms with Gasteiger partial charge in [0.1, 0.15) is 12.0 Å². The van der Waals surface area contributed by atoms with Crippen LogP contribution < -0.4 is 4.74 Å². The van der Waals surface area contributed by atoms with Crippen LogP contribution in [0.25, 0.3) is 0 Å². The Morgan fingerprint density at radius 3 is 2.47 bits per heavy atom. The number of benzene rings is 1. The number of hydrogen-bond donors (Lipinski definition) is 0. The van der Waals surface area contributed by atoms with Crippen molar-refractivity contribution in [2.24, 2.45) is 0 Å². The van der Waals surface area contributed by atoms with E-state index in [1.54, 1.807) is 7.11 Å². The molecule has 0 bridgehead atoms. The average molecular weight is 234 g/mol. The molecule has 17 heavy (non-hydrogen) atoms. The van der Waals surface area contributed by atoms with Gasteiger partial charge in [0.15, 0.2) is 0 Å². The molecule has 0 unspecified atom stereocenters. The summed E-state index contributed by atoms with van der Waals surface area (Å²) in [4.78, 5) is 10.9. The van der Waals surface area contributed by atoms with Crippen LogP contribution in [0.1, 0.15) is 24.8 Å². The predicted octanol–water partition coefficient (Wildman–Crippen LogP) is 2.33. The maximum Gasteiger partial charge on any atom is 0.120 e. The normalized spacial score (nSPS) is 18.6. The van der Waals surface area contributed by atoms with E-state index in [1.807, 2.05) is 12.1 Å². The van der Waals surface area contributed by atoms with Gasteiger partial charge in [0.2, 0.25) is 0 Å². The summed E-state index contributed by atoms with van der Waals surface area (Å²) in [6, 6.07) is 8.04. The van der Waals surface area contributed by atoms with Crippen LogP contribution in [-0.4, -0.2) is 26.6 Å². The highest BCUT2D eigenvalue weighted by atomic mass is 16.5. The number of rotatable bonds is 4. The summed E-state index contributed by atoms with van der Waals surface area (Å²) in [5.41, 5.74) is 1.18. The molecule has 0 atom stereocenters. The number of aldehydes is 1. The summed E-state index contributed by atoms with van der Waals surface area (Å²) in [5, 5.41) is 0. The maximum absolute atomic E-state index is 10.9. The summed E-state index contributed by atoms with van der Waals surface area (Å²) in [6.07, 6.45) is 3.42. The van der Waals surface area contributed by atoms with Crippen LogP contribution in [0, 0.1) is 0 Å². The molecule has 0 saturated carbocycles. The Hall–Kier alpha value is -1.35. The van der Waals surface area contributed by atoms with Crippen LogP contribution in [0.5, 0.6) is 5.75 Å². The first-order chi connectivity index (χ1) is 8.30. The fraction of sp³-hybridized carbons (Fsp3) is 0.500. The van der Waals surface area contributed by atoms with Crippen LogP contribution in [0.4, 0.5) is 0 Å². The zero-order chi connectivity index (χ0) is 12.1. The summed E-state index contributed by atoms with van der Waals surface area (Å²) >= 11 is 0. The molecule has 1 aliphatic rings. The summed E-state index contributed by atoms with van der Waals surface area (Å²) in [7, 11) is 1.66. The molecule has 1 aromatic carbocycles. The van der Waals surface area contributed by atoms with Crippen molar-refractivity contribution in [3.8, 4) is 5.75 Å². The number of ether oxygens (including phenoxy) is 2. The van der Waals surface area contributed by atoms with Gasteiger partial charge in [0.25, 0.3) is 0 Å². The molecule has 0 radical (unpaired) electrons. The Kier molecular flexibility index (Phi) is 3.79. The second-order valence-electron chi connectivity index (χ2n) is 4.49. The van der Waals surface area contributed by atoms with Crippen molar-refractivity contribution in [2.75, 3.05) is 20.3 Å². The first-order valence-corrected chi connectivity index (χ1v) is 5.97. The Morgan fingerprint density at radius 2 is 1.94 bits per heavy atom. The van der Waals surface area contributed by atoms with E-state index in [9.17, 15) is 4.79 Å². The van der Waals surface area contributed by atoms with Gasteiger partial charge in [-0.1, -0.05) is 12.1 Å². The van der Waals surface area contributed by atoms with Crippen LogP contribution in [0.15, 0.2) is 24.3 Å². The van der Waals surface area contributed by atoms with E-state index in [0.717, 1.165) is 38.1 Å². The quantitative estimate of drug-likeness (QED) is 0.750. The molecule has 1 aliphatic heterocycles. The Morgan fingerprint density at radius 1 is 1.29 bits per heavy atom. The zero-order valence-electron chi connectivity index (χ0n) is 10.1. The smallest absolute Gasteiger partial charge is 0.120 e. The van der Waals surface area contributed by atoms with Crippen molar-refractivity contribution < 1.29 is 14.3 Å². The second-order valence-corrected chi connectivity index (χ2v) is 4.49. The van der Waals surface area contributed by atoms with E-state index in [1.165, 1.54) is 5.56 Å². The third-order valence-electron chi connectivity index (χ3n) is 3.63. The van der Waals surface area contributed by atoms with Gasteiger partial charge in [0.05, 0.1) is 7.11 Å². The molecule has 1 aromatic rings. The Bertz CT molecular complexity index is 364. The summed E-state index contributed by atoms with van der Waals surface area (Å²) in [5.74, 6) is 0.849. The van der Waals surface area contributed by atoms with Gasteiger partial charge in [-0.3, -0.25) is 0 Å². The molecule has 2 rings (SSSR count). The number of methoxy groups -OCH3 is 1. The first kappa shape index (κ1) is 12.1. The van der Waals surface area contributed by atoms with E-state index in [2.05, 4.69) is 12.1 Å². The molecule has 0 amide bonds. The lowest BCUT2D eigenvalue weighted by atomic mass is 9.72. The van der Waals surface area contributed by atoms with E-state index < -0.39 is 0 Å². The molecule has 1 fully saturated rings. The number of carbonyl (C=O) groups is 1. The molecular weight excluding hydrogens is 216 g/mol. The monoisotopic (exact) mass is 234 g/mol. The van der Waals surface area contributed by atoms with Gasteiger partial charge in [-0.15, -0.1) is 0 Å². The van der Waals surface area contributed by atoms with Gasteiger partial charge in [-0.2, -0.15) is 0 Å². The highest BCUT2D eigenvalue weighted by molar-refractivity contribution is 5.54. The largest absolute Gasteiger partial charge is 0.497 e.